The molecular formula is C28H24N2O7. The van der Waals surface area contributed by atoms with Gasteiger partial charge in [0.15, 0.2) is 34.5 Å². The largest absolute Gasteiger partial charge is 0.504 e. The number of hydrogen-bond donors (Lipinski definition) is 4. The van der Waals surface area contributed by atoms with Crippen LogP contribution in [0, 0.1) is 0 Å². The van der Waals surface area contributed by atoms with Gasteiger partial charge in [-0.15, -0.1) is 0 Å². The number of nitrogens with one attached hydrogen (secondary N) is 1. The second-order valence-corrected chi connectivity index (χ2v) is 8.94. The normalized spacial score (nSPS) is 12.4. The number of phenols is 3. The minimum atomic E-state index is -0.306. The molecule has 0 aliphatic carbocycles. The van der Waals surface area contributed by atoms with Crippen molar-refractivity contribution < 1.29 is 29.5 Å². The molecular weight excluding hydrogens is 476 g/mol. The molecule has 0 fully saturated rings. The number of aromatic hydroxyl groups is 3. The molecule has 0 spiro atoms. The molecule has 9 nitrogen and oxygen atoms in total. The summed E-state index contributed by atoms with van der Waals surface area (Å²) in [5, 5.41) is 32.5. The third kappa shape index (κ3) is 3.20. The van der Waals surface area contributed by atoms with E-state index in [1.54, 1.807) is 36.4 Å². The monoisotopic (exact) mass is 500 g/mol. The molecule has 0 saturated carbocycles. The zero-order valence-electron chi connectivity index (χ0n) is 20.4. The fourth-order valence-corrected chi connectivity index (χ4v) is 5.39. The number of fused-ring (bicyclic) bond motifs is 7. The van der Waals surface area contributed by atoms with Gasteiger partial charge in [-0.25, -0.2) is 0 Å². The minimum absolute atomic E-state index is 0.00933. The molecule has 0 saturated heterocycles. The van der Waals surface area contributed by atoms with Crippen molar-refractivity contribution in [3.63, 3.8) is 0 Å². The van der Waals surface area contributed by atoms with Gasteiger partial charge < -0.3 is 39.1 Å². The van der Waals surface area contributed by atoms with E-state index < -0.39 is 0 Å². The van der Waals surface area contributed by atoms with Gasteiger partial charge in [-0.05, 0) is 47.9 Å². The van der Waals surface area contributed by atoms with E-state index in [-0.39, 0.29) is 34.3 Å². The van der Waals surface area contributed by atoms with Gasteiger partial charge in [0.1, 0.15) is 5.52 Å². The number of H-pyrrole nitrogens is 1. The van der Waals surface area contributed by atoms with Crippen molar-refractivity contribution >= 4 is 21.8 Å². The van der Waals surface area contributed by atoms with Gasteiger partial charge in [-0.3, -0.25) is 4.79 Å². The van der Waals surface area contributed by atoms with Crippen molar-refractivity contribution in [1.82, 2.24) is 9.55 Å². The number of ether oxygens (including phenoxy) is 3. The molecule has 3 aromatic carbocycles. The molecule has 0 atom stereocenters. The van der Waals surface area contributed by atoms with Crippen LogP contribution in [-0.4, -0.2) is 46.2 Å². The first-order valence-electron chi connectivity index (χ1n) is 11.6. The summed E-state index contributed by atoms with van der Waals surface area (Å²) in [5.74, 6) is 0.817. The van der Waals surface area contributed by atoms with Crippen LogP contribution >= 0.6 is 0 Å². The summed E-state index contributed by atoms with van der Waals surface area (Å²) in [4.78, 5) is 16.4. The van der Waals surface area contributed by atoms with Crippen molar-refractivity contribution in [2.45, 2.75) is 13.0 Å². The molecule has 188 valence electrons. The first-order valence-corrected chi connectivity index (χ1v) is 11.6. The smallest absolute Gasteiger partial charge is 0.272 e. The van der Waals surface area contributed by atoms with Crippen molar-refractivity contribution in [3.05, 3.63) is 58.4 Å². The fourth-order valence-electron chi connectivity index (χ4n) is 5.39. The highest BCUT2D eigenvalue weighted by Gasteiger charge is 2.30. The van der Waals surface area contributed by atoms with Crippen LogP contribution in [0.2, 0.25) is 0 Å². The van der Waals surface area contributed by atoms with Gasteiger partial charge in [0, 0.05) is 34.5 Å². The van der Waals surface area contributed by atoms with E-state index in [0.29, 0.717) is 46.1 Å². The Morgan fingerprint density at radius 1 is 0.838 bits per heavy atom. The van der Waals surface area contributed by atoms with Gasteiger partial charge in [0.2, 0.25) is 0 Å². The van der Waals surface area contributed by atoms with E-state index in [4.69, 9.17) is 14.2 Å². The van der Waals surface area contributed by atoms with E-state index in [2.05, 4.69) is 4.98 Å². The topological polar surface area (TPSA) is 126 Å². The summed E-state index contributed by atoms with van der Waals surface area (Å²) in [7, 11) is 4.43. The maximum Gasteiger partial charge on any atom is 0.272 e. The number of rotatable bonds is 4. The quantitative estimate of drug-likeness (QED) is 0.286. The summed E-state index contributed by atoms with van der Waals surface area (Å²) in [6.45, 7) is 0.504. The molecule has 6 rings (SSSR count). The molecule has 9 heteroatoms. The second-order valence-electron chi connectivity index (χ2n) is 8.94. The summed E-state index contributed by atoms with van der Waals surface area (Å²) in [6.07, 6.45) is 0.596. The van der Waals surface area contributed by atoms with E-state index >= 15 is 0 Å². The third-order valence-corrected chi connectivity index (χ3v) is 7.05. The highest BCUT2D eigenvalue weighted by Crippen LogP contribution is 2.49. The predicted molar refractivity (Wildman–Crippen MR) is 139 cm³/mol. The number of hydrogen-bond acceptors (Lipinski definition) is 7. The molecule has 1 aliphatic heterocycles. The highest BCUT2D eigenvalue weighted by molar-refractivity contribution is 6.17. The number of nitrogens with zero attached hydrogens (tertiary/aromatic N) is 1. The molecule has 0 unspecified atom stereocenters. The lowest BCUT2D eigenvalue weighted by atomic mass is 9.91. The van der Waals surface area contributed by atoms with E-state index in [1.807, 2.05) is 4.57 Å². The standard InChI is InChI=1S/C28H24N2O7/c1-35-21-9-14(4-5-18(21)31)24-25-16-11-23(37-3)20(33)12-17(16)29-28(34)27(25)30-7-6-13-8-19(32)22(36-2)10-15(13)26(24)30/h4-5,8-12,31-33H,6-7H2,1-3H3,(H,29,34). The van der Waals surface area contributed by atoms with Crippen molar-refractivity contribution in [2.24, 2.45) is 0 Å². The lowest BCUT2D eigenvalue weighted by Gasteiger charge is -2.22. The number of pyridine rings is 1. The van der Waals surface area contributed by atoms with E-state index in [9.17, 15) is 20.1 Å². The SMILES string of the molecule is COc1cc(-c2c3n(c4c(=O)[nH]c5cc(O)c(OC)cc5c24)CCc2cc(O)c(OC)cc2-3)ccc1O. The Kier molecular flexibility index (Phi) is 4.98. The first kappa shape index (κ1) is 22.7. The zero-order chi connectivity index (χ0) is 26.0. The van der Waals surface area contributed by atoms with Crippen LogP contribution in [-0.2, 0) is 13.0 Å². The molecule has 0 bridgehead atoms. The number of aromatic nitrogens is 2. The molecule has 2 aromatic heterocycles. The number of aromatic amines is 1. The zero-order valence-corrected chi connectivity index (χ0v) is 20.4. The first-order chi connectivity index (χ1) is 17.9. The highest BCUT2D eigenvalue weighted by atomic mass is 16.5. The van der Waals surface area contributed by atoms with Gasteiger partial charge in [0.05, 0.1) is 32.5 Å². The molecule has 1 aliphatic rings. The molecule has 3 heterocycles. The summed E-state index contributed by atoms with van der Waals surface area (Å²) in [5.41, 5.74) is 4.57. The van der Waals surface area contributed by atoms with E-state index in [0.717, 1.165) is 22.4 Å². The molecule has 0 amide bonds. The fraction of sp³-hybridized carbons (Fsp3) is 0.179. The van der Waals surface area contributed by atoms with Crippen molar-refractivity contribution in [3.8, 4) is 56.9 Å². The average molecular weight is 501 g/mol. The lowest BCUT2D eigenvalue weighted by molar-refractivity contribution is 0.373. The van der Waals surface area contributed by atoms with Crippen LogP contribution in [0.5, 0.6) is 34.5 Å². The summed E-state index contributed by atoms with van der Waals surface area (Å²) < 4.78 is 18.2. The second kappa shape index (κ2) is 8.12. The molecule has 5 aromatic rings. The summed E-state index contributed by atoms with van der Waals surface area (Å²) in [6, 6.07) is 11.7. The van der Waals surface area contributed by atoms with Gasteiger partial charge in [-0.1, -0.05) is 6.07 Å². The number of aryl methyl sites for hydroxylation is 2. The maximum absolute atomic E-state index is 13.5. The van der Waals surface area contributed by atoms with Crippen LogP contribution in [0.25, 0.3) is 44.2 Å². The Morgan fingerprint density at radius 3 is 2.24 bits per heavy atom. The number of methoxy groups -OCH3 is 3. The van der Waals surface area contributed by atoms with Crippen LogP contribution in [0.1, 0.15) is 5.56 Å². The maximum atomic E-state index is 13.5. The Morgan fingerprint density at radius 2 is 1.51 bits per heavy atom. The van der Waals surface area contributed by atoms with Crippen molar-refractivity contribution in [1.29, 1.82) is 0 Å². The Bertz CT molecular complexity index is 1800. The van der Waals surface area contributed by atoms with Crippen LogP contribution < -0.4 is 19.8 Å². The predicted octanol–water partition coefficient (Wildman–Crippen LogP) is 4.52. The average Bonchev–Trinajstić information content (AvgIpc) is 3.24. The molecule has 4 N–H and O–H groups in total. The molecule has 37 heavy (non-hydrogen) atoms. The third-order valence-electron chi connectivity index (χ3n) is 7.05. The lowest BCUT2D eigenvalue weighted by Crippen LogP contribution is -2.16. The molecule has 0 radical (unpaired) electrons. The van der Waals surface area contributed by atoms with Gasteiger partial charge in [0.25, 0.3) is 5.56 Å². The Hall–Kier alpha value is -4.79. The van der Waals surface area contributed by atoms with E-state index in [1.165, 1.54) is 27.4 Å². The van der Waals surface area contributed by atoms with Crippen molar-refractivity contribution in [2.75, 3.05) is 21.3 Å². The summed E-state index contributed by atoms with van der Waals surface area (Å²) >= 11 is 0. The van der Waals surface area contributed by atoms with Gasteiger partial charge in [-0.2, -0.15) is 0 Å². The Labute approximate surface area is 210 Å². The van der Waals surface area contributed by atoms with Crippen LogP contribution in [0.15, 0.2) is 47.3 Å². The van der Waals surface area contributed by atoms with Crippen LogP contribution in [0.4, 0.5) is 0 Å². The van der Waals surface area contributed by atoms with Crippen LogP contribution in [0.3, 0.4) is 0 Å². The minimum Gasteiger partial charge on any atom is -0.504 e. The van der Waals surface area contributed by atoms with Gasteiger partial charge >= 0.3 is 0 Å². The number of benzene rings is 3. The Balaban J connectivity index is 1.85. The number of phenolic OH excluding ortho intramolecular Hbond substituents is 3.